The zero-order chi connectivity index (χ0) is 16.1. The maximum atomic E-state index is 12.3. The summed E-state index contributed by atoms with van der Waals surface area (Å²) in [5.41, 5.74) is 1.30. The second-order valence-corrected chi connectivity index (χ2v) is 5.22. The fraction of sp³-hybridized carbons (Fsp3) is 0.438. The Balaban J connectivity index is 2.06. The van der Waals surface area contributed by atoms with Crippen molar-refractivity contribution < 1.29 is 19.5 Å². The van der Waals surface area contributed by atoms with Crippen molar-refractivity contribution in [1.29, 1.82) is 0 Å². The minimum atomic E-state index is -0.922. The van der Waals surface area contributed by atoms with Crippen LogP contribution in [0.3, 0.4) is 0 Å². The number of carboxylic acid groups (broad SMARTS) is 1. The summed E-state index contributed by atoms with van der Waals surface area (Å²) in [5.74, 6) is -1.01. The lowest BCUT2D eigenvalue weighted by molar-refractivity contribution is -0.137. The summed E-state index contributed by atoms with van der Waals surface area (Å²) in [6, 6.07) is 6.91. The van der Waals surface area contributed by atoms with E-state index in [2.05, 4.69) is 0 Å². The van der Waals surface area contributed by atoms with E-state index in [-0.39, 0.29) is 24.8 Å². The van der Waals surface area contributed by atoms with E-state index in [1.807, 2.05) is 6.92 Å². The summed E-state index contributed by atoms with van der Waals surface area (Å²) in [5, 5.41) is 8.72. The van der Waals surface area contributed by atoms with Crippen LogP contribution in [0.5, 0.6) is 0 Å². The third kappa shape index (κ3) is 3.63. The van der Waals surface area contributed by atoms with Crippen LogP contribution >= 0.6 is 0 Å². The molecule has 0 spiro atoms. The maximum Gasteiger partial charge on any atom is 0.305 e. The Labute approximate surface area is 129 Å². The first kappa shape index (κ1) is 16.0. The molecule has 1 heterocycles. The van der Waals surface area contributed by atoms with E-state index in [0.717, 1.165) is 12.1 Å². The number of benzene rings is 1. The van der Waals surface area contributed by atoms with E-state index >= 15 is 0 Å². The molecule has 1 saturated heterocycles. The van der Waals surface area contributed by atoms with Gasteiger partial charge >= 0.3 is 5.97 Å². The molecule has 2 amide bonds. The third-order valence-corrected chi connectivity index (χ3v) is 3.76. The molecule has 118 valence electrons. The molecular weight excluding hydrogens is 284 g/mol. The number of rotatable bonds is 6. The molecule has 0 atom stereocenters. The molecule has 1 fully saturated rings. The van der Waals surface area contributed by atoms with Crippen LogP contribution in [0.4, 0.5) is 5.69 Å². The van der Waals surface area contributed by atoms with Gasteiger partial charge in [0.2, 0.25) is 5.91 Å². The summed E-state index contributed by atoms with van der Waals surface area (Å²) < 4.78 is 0. The summed E-state index contributed by atoms with van der Waals surface area (Å²) in [7, 11) is 0. The number of carbonyl (C=O) groups excluding carboxylic acids is 2. The molecular formula is C16H20N2O4. The standard InChI is InChI=1S/C16H20N2O4/c1-2-17(11-9-15(20)21)16(22)12-5-7-13(8-6-12)18-10-3-4-14(18)19/h5-8H,2-4,9-11H2,1H3,(H,20,21). The molecule has 1 aliphatic heterocycles. The highest BCUT2D eigenvalue weighted by atomic mass is 16.4. The summed E-state index contributed by atoms with van der Waals surface area (Å²) in [4.78, 5) is 37.9. The Morgan fingerprint density at radius 2 is 1.95 bits per heavy atom. The number of aliphatic carboxylic acids is 1. The van der Waals surface area contributed by atoms with Crippen LogP contribution in [0.2, 0.25) is 0 Å². The van der Waals surface area contributed by atoms with Gasteiger partial charge in [0.25, 0.3) is 5.91 Å². The second-order valence-electron chi connectivity index (χ2n) is 5.22. The number of anilines is 1. The number of amides is 2. The highest BCUT2D eigenvalue weighted by Crippen LogP contribution is 2.22. The first-order valence-electron chi connectivity index (χ1n) is 7.44. The van der Waals surface area contributed by atoms with E-state index in [1.54, 1.807) is 29.2 Å². The van der Waals surface area contributed by atoms with Gasteiger partial charge in [0, 0.05) is 37.3 Å². The minimum Gasteiger partial charge on any atom is -0.481 e. The van der Waals surface area contributed by atoms with Crippen LogP contribution in [-0.4, -0.2) is 47.4 Å². The Morgan fingerprint density at radius 1 is 1.27 bits per heavy atom. The van der Waals surface area contributed by atoms with Crippen molar-refractivity contribution in [1.82, 2.24) is 4.90 Å². The minimum absolute atomic E-state index is 0.0695. The van der Waals surface area contributed by atoms with Crippen molar-refractivity contribution in [3.05, 3.63) is 29.8 Å². The van der Waals surface area contributed by atoms with Crippen molar-refractivity contribution in [2.75, 3.05) is 24.5 Å². The topological polar surface area (TPSA) is 77.9 Å². The quantitative estimate of drug-likeness (QED) is 0.868. The number of carboxylic acids is 1. The van der Waals surface area contributed by atoms with Gasteiger partial charge in [-0.2, -0.15) is 0 Å². The summed E-state index contributed by atoms with van der Waals surface area (Å²) >= 11 is 0. The number of nitrogens with zero attached hydrogens (tertiary/aromatic N) is 2. The van der Waals surface area contributed by atoms with E-state index in [9.17, 15) is 14.4 Å². The van der Waals surface area contributed by atoms with Gasteiger partial charge < -0.3 is 14.9 Å². The van der Waals surface area contributed by atoms with Crippen LogP contribution < -0.4 is 4.90 Å². The molecule has 0 aliphatic carbocycles. The third-order valence-electron chi connectivity index (χ3n) is 3.76. The predicted molar refractivity (Wildman–Crippen MR) is 81.9 cm³/mol. The van der Waals surface area contributed by atoms with Gasteiger partial charge in [0.05, 0.1) is 6.42 Å². The fourth-order valence-corrected chi connectivity index (χ4v) is 2.52. The first-order valence-corrected chi connectivity index (χ1v) is 7.44. The molecule has 0 radical (unpaired) electrons. The molecule has 0 aromatic heterocycles. The monoisotopic (exact) mass is 304 g/mol. The molecule has 1 N–H and O–H groups in total. The van der Waals surface area contributed by atoms with Gasteiger partial charge in [0.15, 0.2) is 0 Å². The number of hydrogen-bond donors (Lipinski definition) is 1. The van der Waals surface area contributed by atoms with Crippen LogP contribution in [0.25, 0.3) is 0 Å². The normalized spacial score (nSPS) is 14.2. The molecule has 22 heavy (non-hydrogen) atoms. The average Bonchev–Trinajstić information content (AvgIpc) is 2.93. The average molecular weight is 304 g/mol. The molecule has 0 saturated carbocycles. The van der Waals surface area contributed by atoms with Crippen molar-refractivity contribution in [2.45, 2.75) is 26.2 Å². The van der Waals surface area contributed by atoms with E-state index in [0.29, 0.717) is 25.1 Å². The molecule has 1 aromatic carbocycles. The Kier molecular flexibility index (Phi) is 5.14. The lowest BCUT2D eigenvalue weighted by Crippen LogP contribution is -2.32. The van der Waals surface area contributed by atoms with Crippen LogP contribution in [0.1, 0.15) is 36.5 Å². The van der Waals surface area contributed by atoms with Crippen LogP contribution in [0, 0.1) is 0 Å². The van der Waals surface area contributed by atoms with E-state index in [1.165, 1.54) is 4.90 Å². The van der Waals surface area contributed by atoms with Gasteiger partial charge in [-0.15, -0.1) is 0 Å². The molecule has 0 bridgehead atoms. The van der Waals surface area contributed by atoms with Crippen LogP contribution in [0.15, 0.2) is 24.3 Å². The van der Waals surface area contributed by atoms with Crippen molar-refractivity contribution in [2.24, 2.45) is 0 Å². The van der Waals surface area contributed by atoms with Crippen molar-refractivity contribution in [3.8, 4) is 0 Å². The highest BCUT2D eigenvalue weighted by molar-refractivity contribution is 5.97. The van der Waals surface area contributed by atoms with Gasteiger partial charge in [0.1, 0.15) is 0 Å². The Hall–Kier alpha value is -2.37. The van der Waals surface area contributed by atoms with Crippen molar-refractivity contribution >= 4 is 23.5 Å². The smallest absolute Gasteiger partial charge is 0.305 e. The lowest BCUT2D eigenvalue weighted by atomic mass is 10.1. The Morgan fingerprint density at radius 3 is 2.45 bits per heavy atom. The van der Waals surface area contributed by atoms with Gasteiger partial charge in [-0.3, -0.25) is 14.4 Å². The molecule has 6 heteroatoms. The number of carbonyl (C=O) groups is 3. The van der Waals surface area contributed by atoms with Gasteiger partial charge in [-0.05, 0) is 37.6 Å². The lowest BCUT2D eigenvalue weighted by Gasteiger charge is -2.21. The highest BCUT2D eigenvalue weighted by Gasteiger charge is 2.22. The van der Waals surface area contributed by atoms with E-state index in [4.69, 9.17) is 5.11 Å². The second kappa shape index (κ2) is 7.06. The zero-order valence-electron chi connectivity index (χ0n) is 12.6. The largest absolute Gasteiger partial charge is 0.481 e. The summed E-state index contributed by atoms with van der Waals surface area (Å²) in [6.07, 6.45) is 1.36. The molecule has 2 rings (SSSR count). The maximum absolute atomic E-state index is 12.3. The molecule has 1 aliphatic rings. The van der Waals surface area contributed by atoms with Gasteiger partial charge in [-0.25, -0.2) is 0 Å². The predicted octanol–water partition coefficient (Wildman–Crippen LogP) is 1.75. The zero-order valence-corrected chi connectivity index (χ0v) is 12.6. The van der Waals surface area contributed by atoms with Crippen molar-refractivity contribution in [3.63, 3.8) is 0 Å². The first-order chi connectivity index (χ1) is 10.5. The molecule has 6 nitrogen and oxygen atoms in total. The van der Waals surface area contributed by atoms with Crippen LogP contribution in [-0.2, 0) is 9.59 Å². The van der Waals surface area contributed by atoms with E-state index < -0.39 is 5.97 Å². The summed E-state index contributed by atoms with van der Waals surface area (Å²) in [6.45, 7) is 3.18. The van der Waals surface area contributed by atoms with Gasteiger partial charge in [-0.1, -0.05) is 0 Å². The Bertz CT molecular complexity index is 568. The molecule has 1 aromatic rings. The number of hydrogen-bond acceptors (Lipinski definition) is 3. The molecule has 0 unspecified atom stereocenters. The fourth-order valence-electron chi connectivity index (χ4n) is 2.52. The SMILES string of the molecule is CCN(CCC(=O)O)C(=O)c1ccc(N2CCCC2=O)cc1.